The maximum atomic E-state index is 12.5. The van der Waals surface area contributed by atoms with Crippen molar-refractivity contribution in [3.8, 4) is 0 Å². The molecule has 0 aliphatic carbocycles. The molecule has 1 aliphatic heterocycles. The molecule has 2 N–H and O–H groups in total. The first-order valence-electron chi connectivity index (χ1n) is 11.3. The maximum Gasteiger partial charge on any atom is 0.308 e. The number of H-pyrrole nitrogens is 1. The Morgan fingerprint density at radius 2 is 1.82 bits per heavy atom. The molecule has 1 amide bonds. The number of carbonyl (C=O) groups excluding carboxylic acids is 3. The van der Waals surface area contributed by atoms with E-state index in [1.54, 1.807) is 41.5 Å². The zero-order valence-corrected chi connectivity index (χ0v) is 20.2. The van der Waals surface area contributed by atoms with E-state index in [2.05, 4.69) is 20.3 Å². The van der Waals surface area contributed by atoms with Gasteiger partial charge in [0.2, 0.25) is 11.9 Å². The lowest BCUT2D eigenvalue weighted by Gasteiger charge is -2.20. The molecule has 34 heavy (non-hydrogen) atoms. The number of esters is 2. The molecule has 0 bridgehead atoms. The molecule has 12 heteroatoms. The number of hydrogen-bond donors (Lipinski definition) is 2. The van der Waals surface area contributed by atoms with Gasteiger partial charge in [0.15, 0.2) is 11.2 Å². The molecular formula is C22H31N5O7. The molecular weight excluding hydrogens is 446 g/mol. The predicted octanol–water partition coefficient (Wildman–Crippen LogP) is 1.77. The number of aromatic amines is 1. The van der Waals surface area contributed by atoms with Gasteiger partial charge in [-0.05, 0) is 0 Å². The molecule has 0 aromatic carbocycles. The first kappa shape index (κ1) is 25.3. The first-order valence-corrected chi connectivity index (χ1v) is 11.3. The summed E-state index contributed by atoms with van der Waals surface area (Å²) in [6.07, 6.45) is -0.458. The van der Waals surface area contributed by atoms with Crippen molar-refractivity contribution in [3.63, 3.8) is 0 Å². The van der Waals surface area contributed by atoms with Gasteiger partial charge >= 0.3 is 11.9 Å². The number of anilines is 1. The molecule has 1 fully saturated rings. The maximum absolute atomic E-state index is 12.5. The Morgan fingerprint density at radius 1 is 1.15 bits per heavy atom. The summed E-state index contributed by atoms with van der Waals surface area (Å²) in [4.78, 5) is 59.7. The van der Waals surface area contributed by atoms with Crippen LogP contribution in [0.3, 0.4) is 0 Å². The average Bonchev–Trinajstić information content (AvgIpc) is 3.35. The van der Waals surface area contributed by atoms with Gasteiger partial charge in [0.25, 0.3) is 5.56 Å². The normalized spacial score (nSPS) is 20.3. The second kappa shape index (κ2) is 10.3. The lowest BCUT2D eigenvalue weighted by molar-refractivity contribution is -0.162. The minimum absolute atomic E-state index is 0.0128. The van der Waals surface area contributed by atoms with E-state index in [1.807, 2.05) is 0 Å². The second-order valence-electron chi connectivity index (χ2n) is 9.16. The quantitative estimate of drug-likeness (QED) is 0.541. The van der Waals surface area contributed by atoms with E-state index in [-0.39, 0.29) is 53.8 Å². The topological polar surface area (TPSA) is 155 Å². The summed E-state index contributed by atoms with van der Waals surface area (Å²) in [5, 5.41) is 2.57. The highest BCUT2D eigenvalue weighted by atomic mass is 16.6. The lowest BCUT2D eigenvalue weighted by Crippen LogP contribution is -2.33. The fourth-order valence-corrected chi connectivity index (χ4v) is 3.22. The van der Waals surface area contributed by atoms with E-state index in [0.29, 0.717) is 0 Å². The molecule has 186 valence electrons. The average molecular weight is 478 g/mol. The summed E-state index contributed by atoms with van der Waals surface area (Å²) in [5.41, 5.74) is -0.260. The zero-order chi connectivity index (χ0) is 25.2. The van der Waals surface area contributed by atoms with Crippen molar-refractivity contribution in [1.29, 1.82) is 0 Å². The van der Waals surface area contributed by atoms with Crippen LogP contribution in [0.15, 0.2) is 11.1 Å². The Bertz CT molecular complexity index is 1120. The largest absolute Gasteiger partial charge is 0.463 e. The van der Waals surface area contributed by atoms with Crippen molar-refractivity contribution in [2.24, 2.45) is 17.8 Å². The fraction of sp³-hybridized carbons (Fsp3) is 0.636. The smallest absolute Gasteiger partial charge is 0.308 e. The fourth-order valence-electron chi connectivity index (χ4n) is 3.22. The summed E-state index contributed by atoms with van der Waals surface area (Å²) < 4.78 is 18.5. The highest BCUT2D eigenvalue weighted by molar-refractivity contribution is 5.91. The van der Waals surface area contributed by atoms with Crippen LogP contribution in [0.25, 0.3) is 11.2 Å². The number of nitrogens with one attached hydrogen (secondary N) is 2. The van der Waals surface area contributed by atoms with E-state index >= 15 is 0 Å². The van der Waals surface area contributed by atoms with Gasteiger partial charge in [-0.25, -0.2) is 4.98 Å². The van der Waals surface area contributed by atoms with Gasteiger partial charge in [-0.2, -0.15) is 4.98 Å². The van der Waals surface area contributed by atoms with Gasteiger partial charge in [0.05, 0.1) is 18.2 Å². The Labute approximate surface area is 196 Å². The number of nitrogens with zero attached hydrogens (tertiary/aromatic N) is 3. The molecule has 12 nitrogen and oxygen atoms in total. The van der Waals surface area contributed by atoms with Crippen LogP contribution in [-0.2, 0) is 28.6 Å². The van der Waals surface area contributed by atoms with Crippen molar-refractivity contribution in [1.82, 2.24) is 19.5 Å². The van der Waals surface area contributed by atoms with Gasteiger partial charge in [-0.3, -0.25) is 34.0 Å². The van der Waals surface area contributed by atoms with Crippen molar-refractivity contribution in [2.45, 2.75) is 66.4 Å². The zero-order valence-electron chi connectivity index (χ0n) is 20.2. The Balaban J connectivity index is 1.88. The molecule has 3 heterocycles. The molecule has 3 atom stereocenters. The summed E-state index contributed by atoms with van der Waals surface area (Å²) >= 11 is 0. The van der Waals surface area contributed by atoms with E-state index in [4.69, 9.17) is 14.2 Å². The Morgan fingerprint density at radius 3 is 2.44 bits per heavy atom. The van der Waals surface area contributed by atoms with Gasteiger partial charge in [-0.15, -0.1) is 0 Å². The van der Waals surface area contributed by atoms with Crippen LogP contribution < -0.4 is 10.9 Å². The van der Waals surface area contributed by atoms with Gasteiger partial charge in [-0.1, -0.05) is 41.5 Å². The van der Waals surface area contributed by atoms with Crippen molar-refractivity contribution >= 4 is 35.0 Å². The van der Waals surface area contributed by atoms with Crippen molar-refractivity contribution < 1.29 is 28.6 Å². The number of rotatable bonds is 8. The summed E-state index contributed by atoms with van der Waals surface area (Å²) in [6.45, 7) is 10.2. The summed E-state index contributed by atoms with van der Waals surface area (Å²) in [5.74, 6) is -2.10. The molecule has 2 aromatic heterocycles. The van der Waals surface area contributed by atoms with Gasteiger partial charge in [0.1, 0.15) is 25.0 Å². The highest BCUT2D eigenvalue weighted by Gasteiger charge is 2.41. The number of fused-ring (bicyclic) bond motifs is 1. The van der Waals surface area contributed by atoms with Crippen molar-refractivity contribution in [3.05, 3.63) is 16.7 Å². The number of hydrogen-bond acceptors (Lipinski definition) is 9. The van der Waals surface area contributed by atoms with Crippen LogP contribution in [0.5, 0.6) is 0 Å². The SMILES string of the molecule is CC(C)C(=O)Nc1nc2c(ncn2[C@H]2C[C@H](OC(=O)C(C)C)[C@@H](COC(=O)C(C)C)O2)c(=O)[nH]1. The molecule has 0 unspecified atom stereocenters. The van der Waals surface area contributed by atoms with E-state index < -0.39 is 35.9 Å². The Hall–Kier alpha value is -3.28. The molecule has 1 aliphatic rings. The molecule has 0 spiro atoms. The van der Waals surface area contributed by atoms with Crippen LogP contribution in [0.4, 0.5) is 5.95 Å². The standard InChI is InChI=1S/C22H31N5O7/c1-10(2)18(28)25-22-24-17-16(19(29)26-22)23-9-27(17)15-7-13(34-21(31)12(5)6)14(33-15)8-32-20(30)11(3)4/h9-15H,7-8H2,1-6H3,(H2,24,25,26,28,29)/t13-,14+,15+/m0/s1. The van der Waals surface area contributed by atoms with Gasteiger partial charge < -0.3 is 14.2 Å². The van der Waals surface area contributed by atoms with Crippen molar-refractivity contribution in [2.75, 3.05) is 11.9 Å². The molecule has 3 rings (SSSR count). The van der Waals surface area contributed by atoms with Crippen LogP contribution in [0.1, 0.15) is 54.2 Å². The number of imidazole rings is 1. The monoisotopic (exact) mass is 477 g/mol. The summed E-state index contributed by atoms with van der Waals surface area (Å²) in [6, 6.07) is 0. The third-order valence-corrected chi connectivity index (χ3v) is 5.29. The lowest BCUT2D eigenvalue weighted by atomic mass is 10.1. The van der Waals surface area contributed by atoms with Crippen LogP contribution in [0.2, 0.25) is 0 Å². The molecule has 0 radical (unpaired) electrons. The third-order valence-electron chi connectivity index (χ3n) is 5.29. The Kier molecular flexibility index (Phi) is 7.70. The van der Waals surface area contributed by atoms with Crippen LogP contribution in [-0.4, -0.2) is 56.2 Å². The van der Waals surface area contributed by atoms with Crippen LogP contribution >= 0.6 is 0 Å². The second-order valence-corrected chi connectivity index (χ2v) is 9.16. The number of amides is 1. The molecule has 2 aromatic rings. The minimum atomic E-state index is -0.713. The third kappa shape index (κ3) is 5.61. The van der Waals surface area contributed by atoms with Crippen LogP contribution in [0, 0.1) is 17.8 Å². The van der Waals surface area contributed by atoms with Gasteiger partial charge in [0, 0.05) is 12.3 Å². The minimum Gasteiger partial charge on any atom is -0.463 e. The first-order chi connectivity index (χ1) is 16.0. The number of carbonyl (C=O) groups is 3. The highest BCUT2D eigenvalue weighted by Crippen LogP contribution is 2.33. The predicted molar refractivity (Wildman–Crippen MR) is 121 cm³/mol. The number of aromatic nitrogens is 4. The van der Waals surface area contributed by atoms with E-state index in [9.17, 15) is 19.2 Å². The number of ether oxygens (including phenoxy) is 3. The molecule has 0 saturated carbocycles. The van der Waals surface area contributed by atoms with E-state index in [1.165, 1.54) is 10.9 Å². The summed E-state index contributed by atoms with van der Waals surface area (Å²) in [7, 11) is 0. The molecule has 1 saturated heterocycles. The van der Waals surface area contributed by atoms with E-state index in [0.717, 1.165) is 0 Å².